The van der Waals surface area contributed by atoms with Gasteiger partial charge in [0.1, 0.15) is 6.61 Å². The average molecular weight is 318 g/mol. The number of aromatic nitrogens is 4. The van der Waals surface area contributed by atoms with E-state index in [1.807, 2.05) is 36.6 Å². The molecule has 0 saturated carbocycles. The number of aryl methyl sites for hydroxylation is 1. The molecule has 8 nitrogen and oxygen atoms in total. The minimum Gasteiger partial charge on any atom is -0.375 e. The maximum Gasteiger partial charge on any atom is 0.246 e. The van der Waals surface area contributed by atoms with Crippen LogP contribution in [0.15, 0.2) is 24.9 Å². The van der Waals surface area contributed by atoms with Crippen molar-refractivity contribution in [3.05, 3.63) is 36.2 Å². The number of carbonyl (C=O) groups excluding carboxylic acids is 1. The second kappa shape index (κ2) is 6.93. The van der Waals surface area contributed by atoms with Crippen molar-refractivity contribution in [1.29, 1.82) is 0 Å². The second-order valence-electron chi connectivity index (χ2n) is 5.88. The Hall–Kier alpha value is -2.19. The van der Waals surface area contributed by atoms with E-state index >= 15 is 0 Å². The van der Waals surface area contributed by atoms with Crippen LogP contribution in [0.4, 0.5) is 0 Å². The van der Waals surface area contributed by atoms with Crippen LogP contribution in [0.3, 0.4) is 0 Å². The summed E-state index contributed by atoms with van der Waals surface area (Å²) >= 11 is 0. The summed E-state index contributed by atoms with van der Waals surface area (Å²) in [5, 5.41) is 7.13. The lowest BCUT2D eigenvalue weighted by Crippen LogP contribution is -2.42. The van der Waals surface area contributed by atoms with E-state index in [1.165, 1.54) is 12.7 Å². The summed E-state index contributed by atoms with van der Waals surface area (Å²) in [7, 11) is 3.44. The van der Waals surface area contributed by atoms with Gasteiger partial charge in [-0.3, -0.25) is 14.4 Å². The molecule has 1 aliphatic rings. The Kier molecular flexibility index (Phi) is 4.73. The summed E-state index contributed by atoms with van der Waals surface area (Å²) in [5.41, 5.74) is 2.34. The smallest absolute Gasteiger partial charge is 0.246 e. The lowest BCUT2D eigenvalue weighted by Gasteiger charge is -2.34. The third-order valence-corrected chi connectivity index (χ3v) is 3.97. The molecule has 0 unspecified atom stereocenters. The van der Waals surface area contributed by atoms with Crippen LogP contribution in [0.1, 0.15) is 17.3 Å². The Labute approximate surface area is 135 Å². The highest BCUT2D eigenvalue weighted by atomic mass is 16.5. The number of methoxy groups -OCH3 is 1. The topological polar surface area (TPSA) is 77.2 Å². The Bertz CT molecular complexity index is 664. The van der Waals surface area contributed by atoms with Crippen LogP contribution in [-0.4, -0.2) is 56.9 Å². The van der Waals surface area contributed by atoms with Gasteiger partial charge in [0.25, 0.3) is 0 Å². The minimum atomic E-state index is -0.0986. The van der Waals surface area contributed by atoms with Crippen LogP contribution < -0.4 is 5.32 Å². The highest BCUT2D eigenvalue weighted by molar-refractivity contribution is 5.77. The van der Waals surface area contributed by atoms with E-state index in [2.05, 4.69) is 24.9 Å². The van der Waals surface area contributed by atoms with Gasteiger partial charge in [-0.15, -0.1) is 0 Å². The van der Waals surface area contributed by atoms with E-state index < -0.39 is 0 Å². The standard InChI is InChI=1S/C15H22N6O2/c1-19-6-12(3-18-19)7-20-8-13-4-16-11-21(13)14(9-20)5-17-15(22)10-23-2/h3-4,6,11,14H,5,7-10H2,1-2H3,(H,17,22)/t14-/m1/s1. The van der Waals surface area contributed by atoms with Crippen molar-refractivity contribution >= 4 is 5.91 Å². The van der Waals surface area contributed by atoms with E-state index in [9.17, 15) is 4.79 Å². The van der Waals surface area contributed by atoms with Crippen molar-refractivity contribution < 1.29 is 9.53 Å². The summed E-state index contributed by atoms with van der Waals surface area (Å²) in [5.74, 6) is -0.0986. The number of hydrogen-bond donors (Lipinski definition) is 1. The molecule has 23 heavy (non-hydrogen) atoms. The molecular weight excluding hydrogens is 296 g/mol. The van der Waals surface area contributed by atoms with Crippen molar-refractivity contribution in [2.75, 3.05) is 26.8 Å². The summed E-state index contributed by atoms with van der Waals surface area (Å²) < 4.78 is 8.81. The molecule has 0 saturated heterocycles. The first-order chi connectivity index (χ1) is 11.2. The number of hydrogen-bond acceptors (Lipinski definition) is 5. The molecule has 0 fully saturated rings. The number of ether oxygens (including phenoxy) is 1. The van der Waals surface area contributed by atoms with Crippen LogP contribution in [0, 0.1) is 0 Å². The van der Waals surface area contributed by atoms with Crippen molar-refractivity contribution in [2.24, 2.45) is 7.05 Å². The minimum absolute atomic E-state index is 0.0862. The zero-order chi connectivity index (χ0) is 16.2. The van der Waals surface area contributed by atoms with Gasteiger partial charge in [-0.2, -0.15) is 5.10 Å². The molecule has 1 aliphatic heterocycles. The first-order valence-electron chi connectivity index (χ1n) is 7.62. The highest BCUT2D eigenvalue weighted by Gasteiger charge is 2.25. The maximum absolute atomic E-state index is 11.6. The molecule has 1 atom stereocenters. The SMILES string of the molecule is COCC(=O)NC[C@@H]1CN(Cc2cnn(C)c2)Cc2cncn21. The Balaban J connectivity index is 1.66. The summed E-state index contributed by atoms with van der Waals surface area (Å²) in [6, 6.07) is 0.165. The van der Waals surface area contributed by atoms with Gasteiger partial charge in [0.15, 0.2) is 0 Å². The third kappa shape index (κ3) is 3.77. The molecular formula is C15H22N6O2. The molecule has 0 radical (unpaired) electrons. The molecule has 2 aromatic rings. The molecule has 2 aromatic heterocycles. The number of nitrogens with one attached hydrogen (secondary N) is 1. The van der Waals surface area contributed by atoms with E-state index in [0.717, 1.165) is 25.3 Å². The maximum atomic E-state index is 11.6. The summed E-state index contributed by atoms with van der Waals surface area (Å²) in [6.45, 7) is 3.18. The first-order valence-corrected chi connectivity index (χ1v) is 7.62. The fourth-order valence-electron chi connectivity index (χ4n) is 2.97. The van der Waals surface area contributed by atoms with Gasteiger partial charge >= 0.3 is 0 Å². The molecule has 8 heteroatoms. The summed E-state index contributed by atoms with van der Waals surface area (Å²) in [4.78, 5) is 18.2. The molecule has 3 heterocycles. The Morgan fingerprint density at radius 3 is 3.09 bits per heavy atom. The number of fused-ring (bicyclic) bond motifs is 1. The van der Waals surface area contributed by atoms with Crippen LogP contribution in [0.25, 0.3) is 0 Å². The van der Waals surface area contributed by atoms with E-state index in [0.29, 0.717) is 6.54 Å². The monoisotopic (exact) mass is 318 g/mol. The fraction of sp³-hybridized carbons (Fsp3) is 0.533. The van der Waals surface area contributed by atoms with Crippen molar-refractivity contribution in [1.82, 2.24) is 29.5 Å². The van der Waals surface area contributed by atoms with Gasteiger partial charge in [-0.25, -0.2) is 4.98 Å². The number of carbonyl (C=O) groups is 1. The van der Waals surface area contributed by atoms with Gasteiger partial charge < -0.3 is 14.6 Å². The Morgan fingerprint density at radius 2 is 2.35 bits per heavy atom. The van der Waals surface area contributed by atoms with E-state index in [4.69, 9.17) is 4.74 Å². The lowest BCUT2D eigenvalue weighted by atomic mass is 10.1. The summed E-state index contributed by atoms with van der Waals surface area (Å²) in [6.07, 6.45) is 7.64. The average Bonchev–Trinajstić information content (AvgIpc) is 3.14. The number of nitrogens with zero attached hydrogens (tertiary/aromatic N) is 5. The molecule has 0 aliphatic carbocycles. The zero-order valence-corrected chi connectivity index (χ0v) is 13.5. The molecule has 3 rings (SSSR count). The van der Waals surface area contributed by atoms with Crippen molar-refractivity contribution in [2.45, 2.75) is 19.1 Å². The van der Waals surface area contributed by atoms with E-state index in [1.54, 1.807) is 0 Å². The predicted octanol–water partition coefficient (Wildman–Crippen LogP) is -0.0639. The zero-order valence-electron chi connectivity index (χ0n) is 13.5. The van der Waals surface area contributed by atoms with Gasteiger partial charge in [-0.1, -0.05) is 0 Å². The quantitative estimate of drug-likeness (QED) is 0.807. The van der Waals surface area contributed by atoms with Crippen LogP contribution in [0.5, 0.6) is 0 Å². The number of amides is 1. The fourth-order valence-corrected chi connectivity index (χ4v) is 2.97. The molecule has 1 N–H and O–H groups in total. The van der Waals surface area contributed by atoms with Crippen LogP contribution >= 0.6 is 0 Å². The number of imidazole rings is 1. The van der Waals surface area contributed by atoms with Gasteiger partial charge in [-0.05, 0) is 0 Å². The van der Waals surface area contributed by atoms with Crippen molar-refractivity contribution in [3.8, 4) is 0 Å². The predicted molar refractivity (Wildman–Crippen MR) is 83.5 cm³/mol. The van der Waals surface area contributed by atoms with E-state index in [-0.39, 0.29) is 18.6 Å². The van der Waals surface area contributed by atoms with Crippen LogP contribution in [-0.2, 0) is 29.7 Å². The molecule has 124 valence electrons. The third-order valence-electron chi connectivity index (χ3n) is 3.97. The van der Waals surface area contributed by atoms with Gasteiger partial charge in [0.05, 0.1) is 24.3 Å². The lowest BCUT2D eigenvalue weighted by molar-refractivity contribution is -0.124. The van der Waals surface area contributed by atoms with Gasteiger partial charge in [0.2, 0.25) is 5.91 Å². The Morgan fingerprint density at radius 1 is 1.48 bits per heavy atom. The van der Waals surface area contributed by atoms with Crippen molar-refractivity contribution in [3.63, 3.8) is 0 Å². The largest absolute Gasteiger partial charge is 0.375 e. The molecule has 0 bridgehead atoms. The van der Waals surface area contributed by atoms with Crippen LogP contribution in [0.2, 0.25) is 0 Å². The van der Waals surface area contributed by atoms with Gasteiger partial charge in [0, 0.05) is 58.3 Å². The first kappa shape index (κ1) is 15.7. The normalized spacial score (nSPS) is 17.9. The molecule has 0 spiro atoms. The molecule has 1 amide bonds. The number of rotatable bonds is 6. The highest BCUT2D eigenvalue weighted by Crippen LogP contribution is 2.21. The molecule has 0 aromatic carbocycles. The second-order valence-corrected chi connectivity index (χ2v) is 5.88.